The van der Waals surface area contributed by atoms with E-state index in [9.17, 15) is 33.7 Å². The van der Waals surface area contributed by atoms with Crippen molar-refractivity contribution in [3.63, 3.8) is 0 Å². The van der Waals surface area contributed by atoms with Crippen LogP contribution in [0.3, 0.4) is 0 Å². The summed E-state index contributed by atoms with van der Waals surface area (Å²) in [6.07, 6.45) is 6.16. The van der Waals surface area contributed by atoms with Gasteiger partial charge in [0.25, 0.3) is 0 Å². The lowest BCUT2D eigenvalue weighted by atomic mass is 10.6. The molecule has 0 rings (SSSR count). The van der Waals surface area contributed by atoms with Crippen molar-refractivity contribution in [2.75, 3.05) is 62.5 Å². The van der Waals surface area contributed by atoms with Crippen molar-refractivity contribution in [3.05, 3.63) is 0 Å². The van der Waals surface area contributed by atoms with Gasteiger partial charge in [-0.05, 0) is 12.8 Å². The van der Waals surface area contributed by atoms with E-state index in [1.54, 1.807) is 6.92 Å². The summed E-state index contributed by atoms with van der Waals surface area (Å²) in [6.45, 7) is 5.63. The summed E-state index contributed by atoms with van der Waals surface area (Å²) in [5.74, 6) is 0.493. The first kappa shape index (κ1) is 64.6. The summed E-state index contributed by atoms with van der Waals surface area (Å²) in [5.41, 5.74) is 0. The second kappa shape index (κ2) is 35.8. The van der Waals surface area contributed by atoms with Crippen molar-refractivity contribution in [3.8, 4) is 0 Å². The van der Waals surface area contributed by atoms with Crippen molar-refractivity contribution >= 4 is 39.5 Å². The fraction of sp³-hybridized carbons (Fsp3) is 1.00. The standard InChI is InChI=1S/2C4H10O2S.C3H9NO2S.C3H8O3S.CH4O.4CH4.H2O/c3*1-3-4-7(2,5)6;1-7(5,6)3-2-4;1-2;;;;;/h2*3-4H2,1-2H3;4H,3H2,1-2H3;4H,2-3H2,1H3;2H,1H3;4*1H4;1H2. The summed E-state index contributed by atoms with van der Waals surface area (Å²) < 4.78 is 83.6. The number of nitrogens with one attached hydrogen (secondary N) is 1. The molecule has 0 aromatic rings. The van der Waals surface area contributed by atoms with Gasteiger partial charge in [0.2, 0.25) is 10.0 Å². The Labute approximate surface area is 219 Å². The summed E-state index contributed by atoms with van der Waals surface area (Å²) in [6, 6.07) is 0. The van der Waals surface area contributed by atoms with Crippen LogP contribution in [-0.4, -0.2) is 112 Å². The molecule has 230 valence electrons. The van der Waals surface area contributed by atoms with Crippen LogP contribution in [0, 0.1) is 0 Å². The number of aliphatic hydroxyl groups excluding tert-OH is 2. The fourth-order valence-corrected chi connectivity index (χ4v) is 3.51. The van der Waals surface area contributed by atoms with E-state index in [1.807, 2.05) is 13.8 Å². The zero-order valence-electron chi connectivity index (χ0n) is 19.7. The molecule has 35 heavy (non-hydrogen) atoms. The maximum absolute atomic E-state index is 10.2. The summed E-state index contributed by atoms with van der Waals surface area (Å²) in [4.78, 5) is 0. The molecule has 0 aliphatic heterocycles. The second-order valence-corrected chi connectivity index (χ2v) is 14.5. The van der Waals surface area contributed by atoms with Gasteiger partial charge in [0.1, 0.15) is 29.5 Å². The smallest absolute Gasteiger partial charge is 0.208 e. The minimum atomic E-state index is -2.92. The van der Waals surface area contributed by atoms with Crippen LogP contribution in [-0.2, 0) is 39.5 Å². The highest BCUT2D eigenvalue weighted by Crippen LogP contribution is 1.85. The van der Waals surface area contributed by atoms with Crippen molar-refractivity contribution in [1.82, 2.24) is 4.72 Å². The molecule has 0 aromatic heterocycles. The van der Waals surface area contributed by atoms with E-state index in [0.717, 1.165) is 32.5 Å². The molecule has 0 amide bonds. The summed E-state index contributed by atoms with van der Waals surface area (Å²) in [5, 5.41) is 15.0. The molecule has 0 aliphatic rings. The molecule has 12 nitrogen and oxygen atoms in total. The van der Waals surface area contributed by atoms with Crippen LogP contribution < -0.4 is 4.72 Å². The lowest BCUT2D eigenvalue weighted by Crippen LogP contribution is -2.20. The van der Waals surface area contributed by atoms with Gasteiger partial charge in [0, 0.05) is 43.9 Å². The van der Waals surface area contributed by atoms with Crippen LogP contribution in [0.2, 0.25) is 0 Å². The Morgan fingerprint density at radius 3 is 0.800 bits per heavy atom. The Morgan fingerprint density at radius 1 is 0.571 bits per heavy atom. The highest BCUT2D eigenvalue weighted by molar-refractivity contribution is 7.91. The first-order chi connectivity index (χ1) is 13.2. The first-order valence-corrected chi connectivity index (χ1v) is 16.8. The monoisotopic (exact) mass is 605 g/mol. The Balaban J connectivity index is -0.0000000277. The molecule has 0 atom stereocenters. The quantitative estimate of drug-likeness (QED) is 0.353. The summed E-state index contributed by atoms with van der Waals surface area (Å²) in [7, 11) is -10.2. The van der Waals surface area contributed by atoms with E-state index in [1.165, 1.54) is 12.5 Å². The van der Waals surface area contributed by atoms with E-state index in [4.69, 9.17) is 10.2 Å². The molecular weight excluding hydrogens is 546 g/mol. The highest BCUT2D eigenvalue weighted by atomic mass is 32.2. The maximum Gasteiger partial charge on any atom is 0.208 e. The number of sulfone groups is 3. The third kappa shape index (κ3) is 138. The molecule has 0 aromatic carbocycles. The highest BCUT2D eigenvalue weighted by Gasteiger charge is 1.97. The lowest BCUT2D eigenvalue weighted by Gasteiger charge is -1.91. The van der Waals surface area contributed by atoms with Crippen LogP contribution in [0.25, 0.3) is 0 Å². The van der Waals surface area contributed by atoms with E-state index in [0.29, 0.717) is 18.1 Å². The topological polar surface area (TPSA) is 221 Å². The maximum atomic E-state index is 10.2. The molecule has 0 fully saturated rings. The normalized spacial score (nSPS) is 9.54. The third-order valence-corrected chi connectivity index (χ3v) is 6.06. The van der Waals surface area contributed by atoms with Gasteiger partial charge < -0.3 is 15.7 Å². The lowest BCUT2D eigenvalue weighted by molar-refractivity contribution is 0.320. The Hall–Kier alpha value is -0.360. The van der Waals surface area contributed by atoms with Crippen LogP contribution in [0.15, 0.2) is 0 Å². The number of hydrogen-bond acceptors (Lipinski definition) is 10. The molecule has 0 saturated heterocycles. The van der Waals surface area contributed by atoms with E-state index in [2.05, 4.69) is 4.72 Å². The Bertz CT molecular complexity index is 641. The summed E-state index contributed by atoms with van der Waals surface area (Å²) >= 11 is 0. The molecule has 0 unspecified atom stereocenters. The largest absolute Gasteiger partial charge is 0.412 e. The first-order valence-electron chi connectivity index (χ1n) is 8.77. The zero-order valence-corrected chi connectivity index (χ0v) is 23.0. The molecule has 0 saturated carbocycles. The number of hydrogen-bond donors (Lipinski definition) is 3. The van der Waals surface area contributed by atoms with Gasteiger partial charge in [-0.3, -0.25) is 0 Å². The van der Waals surface area contributed by atoms with Crippen molar-refractivity contribution in [1.29, 1.82) is 0 Å². The molecule has 0 spiro atoms. The Kier molecular flexibility index (Phi) is 66.0. The van der Waals surface area contributed by atoms with Gasteiger partial charge in [-0.1, -0.05) is 50.5 Å². The molecule has 0 heterocycles. The fourth-order valence-electron chi connectivity index (χ4n) is 1.17. The predicted octanol–water partition coefficient (Wildman–Crippen LogP) is 0.789. The zero-order chi connectivity index (χ0) is 25.7. The molecule has 0 radical (unpaired) electrons. The molecule has 5 N–H and O–H groups in total. The van der Waals surface area contributed by atoms with E-state index in [-0.39, 0.29) is 47.5 Å². The second-order valence-electron chi connectivity index (χ2n) is 5.88. The number of rotatable bonds is 8. The van der Waals surface area contributed by atoms with Gasteiger partial charge in [-0.15, -0.1) is 0 Å². The van der Waals surface area contributed by atoms with Crippen LogP contribution in [0.1, 0.15) is 63.3 Å². The number of sulfonamides is 1. The van der Waals surface area contributed by atoms with Gasteiger partial charge >= 0.3 is 0 Å². The van der Waals surface area contributed by atoms with Crippen molar-refractivity contribution in [2.24, 2.45) is 0 Å². The van der Waals surface area contributed by atoms with Gasteiger partial charge in [-0.25, -0.2) is 38.4 Å². The van der Waals surface area contributed by atoms with Gasteiger partial charge in [0.05, 0.1) is 18.6 Å². The van der Waals surface area contributed by atoms with E-state index < -0.39 is 39.5 Å². The average Bonchev–Trinajstić information content (AvgIpc) is 2.46. The molecule has 0 aliphatic carbocycles. The molecule has 16 heteroatoms. The van der Waals surface area contributed by atoms with Gasteiger partial charge in [0.15, 0.2) is 0 Å². The third-order valence-electron chi connectivity index (χ3n) is 2.02. The number of aliphatic hydroxyl groups is 2. The van der Waals surface area contributed by atoms with Gasteiger partial charge in [-0.2, -0.15) is 0 Å². The minimum absolute atomic E-state index is 0. The van der Waals surface area contributed by atoms with E-state index >= 15 is 0 Å². The van der Waals surface area contributed by atoms with Crippen molar-refractivity contribution in [2.45, 2.75) is 63.3 Å². The van der Waals surface area contributed by atoms with Crippen LogP contribution >= 0.6 is 0 Å². The molecule has 0 bridgehead atoms. The molecular formula is C19H59NO11S4. The van der Waals surface area contributed by atoms with Crippen LogP contribution in [0.5, 0.6) is 0 Å². The van der Waals surface area contributed by atoms with Crippen LogP contribution in [0.4, 0.5) is 0 Å². The average molecular weight is 606 g/mol. The minimum Gasteiger partial charge on any atom is -0.412 e. The van der Waals surface area contributed by atoms with Crippen molar-refractivity contribution < 1.29 is 49.4 Å². The predicted molar refractivity (Wildman–Crippen MR) is 154 cm³/mol. The Morgan fingerprint density at radius 2 is 0.800 bits per heavy atom. The SMILES string of the molecule is C.C.C.C.CCCS(C)(=O)=O.CCCS(C)(=O)=O.CCNS(C)(=O)=O.CO.CS(=O)(=O)CCO.O.